The van der Waals surface area contributed by atoms with Crippen molar-refractivity contribution in [1.29, 1.82) is 0 Å². The molecular weight excluding hydrogens is 646 g/mol. The minimum Gasteiger partial charge on any atom is -0.487 e. The second kappa shape index (κ2) is 10.4. The first kappa shape index (κ1) is 21.3. The fraction of sp³-hybridized carbons (Fsp3) is 0.0476. The zero-order valence-electron chi connectivity index (χ0n) is 14.5. The van der Waals surface area contributed by atoms with Crippen molar-refractivity contribution in [3.8, 4) is 5.75 Å². The van der Waals surface area contributed by atoms with E-state index in [0.29, 0.717) is 12.2 Å². The molecule has 0 aliphatic carbocycles. The van der Waals surface area contributed by atoms with Crippen LogP contribution < -0.4 is 10.2 Å². The van der Waals surface area contributed by atoms with E-state index in [4.69, 9.17) is 4.74 Å². The van der Waals surface area contributed by atoms with E-state index in [1.165, 1.54) is 0 Å². The molecular formula is C21H15BrI2N2O2. The minimum atomic E-state index is -0.268. The number of hydrazone groups is 1. The number of benzene rings is 3. The molecule has 0 aliphatic heterocycles. The molecule has 0 bridgehead atoms. The molecule has 4 nitrogen and oxygen atoms in total. The molecule has 3 aromatic rings. The van der Waals surface area contributed by atoms with Gasteiger partial charge in [0.15, 0.2) is 0 Å². The number of nitrogens with one attached hydrogen (secondary N) is 1. The summed E-state index contributed by atoms with van der Waals surface area (Å²) in [4.78, 5) is 12.2. The van der Waals surface area contributed by atoms with Crippen LogP contribution in [0.4, 0.5) is 0 Å². The molecule has 0 saturated carbocycles. The van der Waals surface area contributed by atoms with Gasteiger partial charge in [0, 0.05) is 4.47 Å². The fourth-order valence-electron chi connectivity index (χ4n) is 2.39. The number of rotatable bonds is 6. The van der Waals surface area contributed by atoms with E-state index in [-0.39, 0.29) is 5.91 Å². The summed E-state index contributed by atoms with van der Waals surface area (Å²) in [5, 5.41) is 4.07. The van der Waals surface area contributed by atoms with Crippen LogP contribution in [0.1, 0.15) is 21.5 Å². The van der Waals surface area contributed by atoms with Crippen molar-refractivity contribution in [3.05, 3.63) is 95.0 Å². The maximum atomic E-state index is 12.2. The van der Waals surface area contributed by atoms with Gasteiger partial charge in [-0.2, -0.15) is 5.10 Å². The quantitative estimate of drug-likeness (QED) is 0.200. The third-order valence-electron chi connectivity index (χ3n) is 3.74. The van der Waals surface area contributed by atoms with Gasteiger partial charge in [-0.25, -0.2) is 5.43 Å². The largest absolute Gasteiger partial charge is 0.487 e. The first-order chi connectivity index (χ1) is 13.5. The maximum absolute atomic E-state index is 12.2. The Balaban J connectivity index is 1.66. The van der Waals surface area contributed by atoms with Crippen molar-refractivity contribution in [2.24, 2.45) is 5.10 Å². The number of carbonyl (C=O) groups is 1. The van der Waals surface area contributed by atoms with Gasteiger partial charge in [0.2, 0.25) is 0 Å². The highest BCUT2D eigenvalue weighted by molar-refractivity contribution is 14.1. The molecule has 7 heteroatoms. The average molecular weight is 661 g/mol. The van der Waals surface area contributed by atoms with Crippen LogP contribution in [-0.2, 0) is 6.61 Å². The van der Waals surface area contributed by atoms with Gasteiger partial charge in [0.05, 0.1) is 18.9 Å². The van der Waals surface area contributed by atoms with E-state index in [1.807, 2.05) is 60.7 Å². The number of amides is 1. The van der Waals surface area contributed by atoms with Gasteiger partial charge in [-0.1, -0.05) is 42.5 Å². The van der Waals surface area contributed by atoms with Crippen molar-refractivity contribution < 1.29 is 9.53 Å². The third kappa shape index (κ3) is 5.77. The highest BCUT2D eigenvalue weighted by atomic mass is 127. The van der Waals surface area contributed by atoms with E-state index in [2.05, 4.69) is 71.6 Å². The van der Waals surface area contributed by atoms with Crippen molar-refractivity contribution in [1.82, 2.24) is 5.43 Å². The Morgan fingerprint density at radius 3 is 2.36 bits per heavy atom. The topological polar surface area (TPSA) is 50.7 Å². The number of nitrogens with zero attached hydrogens (tertiary/aromatic N) is 1. The Morgan fingerprint density at radius 2 is 1.68 bits per heavy atom. The summed E-state index contributed by atoms with van der Waals surface area (Å²) < 4.78 is 8.69. The maximum Gasteiger partial charge on any atom is 0.272 e. The molecule has 0 atom stereocenters. The molecule has 142 valence electrons. The van der Waals surface area contributed by atoms with E-state index < -0.39 is 0 Å². The lowest BCUT2D eigenvalue weighted by Gasteiger charge is -2.11. The number of carbonyl (C=O) groups excluding carboxylic acids is 1. The van der Waals surface area contributed by atoms with Gasteiger partial charge in [0.25, 0.3) is 5.91 Å². The molecule has 1 N–H and O–H groups in total. The summed E-state index contributed by atoms with van der Waals surface area (Å²) in [6.45, 7) is 0.516. The Labute approximate surface area is 199 Å². The zero-order chi connectivity index (χ0) is 19.9. The van der Waals surface area contributed by atoms with Crippen molar-refractivity contribution in [2.75, 3.05) is 0 Å². The summed E-state index contributed by atoms with van der Waals surface area (Å²) in [5.41, 5.74) is 5.09. The average Bonchev–Trinajstić information content (AvgIpc) is 2.68. The summed E-state index contributed by atoms with van der Waals surface area (Å²) in [6.07, 6.45) is 1.63. The molecule has 0 aromatic heterocycles. The normalized spacial score (nSPS) is 10.8. The van der Waals surface area contributed by atoms with Gasteiger partial charge in [-0.15, -0.1) is 0 Å². The van der Waals surface area contributed by atoms with Gasteiger partial charge >= 0.3 is 0 Å². The molecule has 1 amide bonds. The number of ether oxygens (including phenoxy) is 1. The fourth-order valence-corrected chi connectivity index (χ4v) is 4.99. The summed E-state index contributed by atoms with van der Waals surface area (Å²) >= 11 is 7.86. The second-order valence-electron chi connectivity index (χ2n) is 5.77. The first-order valence-electron chi connectivity index (χ1n) is 8.28. The Kier molecular flexibility index (Phi) is 7.86. The van der Waals surface area contributed by atoms with Crippen molar-refractivity contribution in [2.45, 2.75) is 6.61 Å². The molecule has 3 aromatic carbocycles. The highest BCUT2D eigenvalue weighted by Gasteiger charge is 2.10. The van der Waals surface area contributed by atoms with Crippen LogP contribution in [-0.4, -0.2) is 12.1 Å². The molecule has 0 heterocycles. The van der Waals surface area contributed by atoms with Crippen LogP contribution in [0.15, 0.2) is 76.3 Å². The van der Waals surface area contributed by atoms with E-state index in [1.54, 1.807) is 12.3 Å². The molecule has 0 unspecified atom stereocenters. The predicted octanol–water partition coefficient (Wildman–Crippen LogP) is 6.00. The monoisotopic (exact) mass is 660 g/mol. The van der Waals surface area contributed by atoms with Crippen LogP contribution in [0.3, 0.4) is 0 Å². The van der Waals surface area contributed by atoms with Crippen molar-refractivity contribution in [3.63, 3.8) is 0 Å². The number of halogens is 3. The van der Waals surface area contributed by atoms with Crippen LogP contribution in [0.25, 0.3) is 0 Å². The number of hydrogen-bond donors (Lipinski definition) is 1. The van der Waals surface area contributed by atoms with Crippen molar-refractivity contribution >= 4 is 73.2 Å². The predicted molar refractivity (Wildman–Crippen MR) is 132 cm³/mol. The molecule has 0 spiro atoms. The lowest BCUT2D eigenvalue weighted by atomic mass is 10.2. The lowest BCUT2D eigenvalue weighted by Crippen LogP contribution is -2.18. The summed E-state index contributed by atoms with van der Waals surface area (Å²) in [7, 11) is 0. The van der Waals surface area contributed by atoms with Gasteiger partial charge < -0.3 is 4.74 Å². The van der Waals surface area contributed by atoms with E-state index >= 15 is 0 Å². The van der Waals surface area contributed by atoms with Crippen LogP contribution in [0.5, 0.6) is 5.75 Å². The molecule has 0 saturated heterocycles. The molecule has 0 fully saturated rings. The van der Waals surface area contributed by atoms with Gasteiger partial charge in [-0.05, 0) is 96.5 Å². The smallest absolute Gasteiger partial charge is 0.272 e. The lowest BCUT2D eigenvalue weighted by molar-refractivity contribution is 0.0954. The first-order valence-corrected chi connectivity index (χ1v) is 11.2. The summed E-state index contributed by atoms with van der Waals surface area (Å²) in [6, 6.07) is 21.2. The highest BCUT2D eigenvalue weighted by Crippen LogP contribution is 2.29. The summed E-state index contributed by atoms with van der Waals surface area (Å²) in [5.74, 6) is 0.579. The molecule has 28 heavy (non-hydrogen) atoms. The van der Waals surface area contributed by atoms with E-state index in [0.717, 1.165) is 28.5 Å². The van der Waals surface area contributed by atoms with Crippen LogP contribution in [0.2, 0.25) is 0 Å². The molecule has 3 rings (SSSR count). The Hall–Kier alpha value is -1.46. The molecule has 0 aliphatic rings. The number of hydrogen-bond acceptors (Lipinski definition) is 3. The SMILES string of the molecule is O=C(N/N=C/c1cc(I)c(OCc2ccccc2)c(I)c1)c1ccccc1Br. The third-order valence-corrected chi connectivity index (χ3v) is 6.04. The van der Waals surface area contributed by atoms with Crippen LogP contribution in [0, 0.1) is 7.14 Å². The van der Waals surface area contributed by atoms with Gasteiger partial charge in [-0.3, -0.25) is 4.79 Å². The Bertz CT molecular complexity index is 987. The minimum absolute atomic E-state index is 0.268. The Morgan fingerprint density at radius 1 is 1.04 bits per heavy atom. The van der Waals surface area contributed by atoms with E-state index in [9.17, 15) is 4.79 Å². The molecule has 0 radical (unpaired) electrons. The second-order valence-corrected chi connectivity index (χ2v) is 8.95. The standard InChI is InChI=1S/C21H15BrI2N2O2/c22-17-9-5-4-8-16(17)21(27)26-25-12-15-10-18(23)20(19(24)11-15)28-13-14-6-2-1-3-7-14/h1-12H,13H2,(H,26,27)/b25-12+. The zero-order valence-corrected chi connectivity index (χ0v) is 20.4. The van der Waals surface area contributed by atoms with Gasteiger partial charge in [0.1, 0.15) is 12.4 Å². The van der Waals surface area contributed by atoms with Crippen LogP contribution >= 0.6 is 61.1 Å².